The molecule has 4 nitrogen and oxygen atoms in total. The van der Waals surface area contributed by atoms with Crippen molar-refractivity contribution >= 4 is 14.0 Å². The Labute approximate surface area is 137 Å². The lowest BCUT2D eigenvalue weighted by molar-refractivity contribution is -0.362. The fourth-order valence-corrected chi connectivity index (χ4v) is 4.40. The molecule has 0 saturated heterocycles. The molecule has 0 bridgehead atoms. The van der Waals surface area contributed by atoms with Crippen LogP contribution < -0.4 is 0 Å². The zero-order valence-electron chi connectivity index (χ0n) is 15.6. The van der Waals surface area contributed by atoms with Crippen LogP contribution in [0, 0.1) is 11.5 Å². The third-order valence-electron chi connectivity index (χ3n) is 3.80. The van der Waals surface area contributed by atoms with E-state index < -0.39 is 19.8 Å². The van der Waals surface area contributed by atoms with E-state index in [9.17, 15) is 4.79 Å². The zero-order chi connectivity index (χ0) is 17.4. The summed E-state index contributed by atoms with van der Waals surface area (Å²) >= 11 is 0. The summed E-state index contributed by atoms with van der Waals surface area (Å²) in [5, 5.41) is 0. The van der Waals surface area contributed by atoms with Crippen LogP contribution in [0.5, 0.6) is 0 Å². The van der Waals surface area contributed by atoms with Crippen molar-refractivity contribution in [2.75, 3.05) is 14.1 Å². The quantitative estimate of drug-likeness (QED) is 0.310. The second-order valence-corrected chi connectivity index (χ2v) is 11.8. The number of rotatable bonds is 7. The van der Waals surface area contributed by atoms with E-state index in [4.69, 9.17) is 9.78 Å². The maximum absolute atomic E-state index is 11.9. The van der Waals surface area contributed by atoms with E-state index in [2.05, 4.69) is 32.2 Å². The Morgan fingerprint density at radius 3 is 2.00 bits per heavy atom. The summed E-state index contributed by atoms with van der Waals surface area (Å²) in [5.74, 6) is 3.18. The summed E-state index contributed by atoms with van der Waals surface area (Å²) < 4.78 is 0. The minimum absolute atomic E-state index is 0.00595. The number of carbonyl (C=O) groups excluding carboxylic acids is 1. The molecule has 0 saturated carbocycles. The minimum Gasteiger partial charge on any atom is -0.349 e. The zero-order valence-corrected chi connectivity index (χ0v) is 16.6. The summed E-state index contributed by atoms with van der Waals surface area (Å²) in [6.07, 6.45) is -0.289. The maximum Gasteiger partial charge on any atom is 0.225 e. The van der Waals surface area contributed by atoms with Crippen molar-refractivity contribution in [3.05, 3.63) is 0 Å². The average Bonchev–Trinajstić information content (AvgIpc) is 2.45. The van der Waals surface area contributed by atoms with Crippen LogP contribution >= 0.6 is 0 Å². The van der Waals surface area contributed by atoms with Crippen molar-refractivity contribution in [1.82, 2.24) is 4.90 Å². The van der Waals surface area contributed by atoms with Crippen molar-refractivity contribution < 1.29 is 14.6 Å². The predicted octanol–water partition coefficient (Wildman–Crippen LogP) is 3.63. The normalized spacial score (nSPS) is 13.3. The van der Waals surface area contributed by atoms with Gasteiger partial charge in [0, 0.05) is 14.1 Å². The first-order chi connectivity index (χ1) is 10.1. The van der Waals surface area contributed by atoms with Gasteiger partial charge in [0.25, 0.3) is 0 Å². The highest BCUT2D eigenvalue weighted by molar-refractivity contribution is 6.87. The molecule has 0 aromatic heterocycles. The van der Waals surface area contributed by atoms with Gasteiger partial charge in [0.1, 0.15) is 8.07 Å². The molecule has 0 spiro atoms. The van der Waals surface area contributed by atoms with E-state index >= 15 is 0 Å². The molecule has 0 radical (unpaired) electrons. The molecule has 0 aliphatic heterocycles. The molecule has 0 aliphatic rings. The molecule has 1 atom stereocenters. The van der Waals surface area contributed by atoms with Crippen LogP contribution in [0.15, 0.2) is 0 Å². The third kappa shape index (κ3) is 7.97. The predicted molar refractivity (Wildman–Crippen MR) is 94.0 cm³/mol. The Balaban J connectivity index is 5.11. The molecule has 0 heterocycles. The fourth-order valence-electron chi connectivity index (χ4n) is 1.90. The van der Waals surface area contributed by atoms with Crippen LogP contribution in [0.3, 0.4) is 0 Å². The largest absolute Gasteiger partial charge is 0.349 e. The van der Waals surface area contributed by atoms with Crippen LogP contribution in [0.2, 0.25) is 18.1 Å². The number of hydrogen-bond donors (Lipinski definition) is 0. The second-order valence-electron chi connectivity index (χ2n) is 6.88. The topological polar surface area (TPSA) is 38.8 Å². The monoisotopic (exact) mass is 327 g/mol. The van der Waals surface area contributed by atoms with Gasteiger partial charge < -0.3 is 4.90 Å². The van der Waals surface area contributed by atoms with Gasteiger partial charge in [0.05, 0.1) is 12.0 Å². The molecule has 5 heteroatoms. The second kappa shape index (κ2) is 9.34. The first-order valence-electron chi connectivity index (χ1n) is 8.16. The minimum atomic E-state index is -1.55. The molecule has 0 rings (SSSR count). The summed E-state index contributed by atoms with van der Waals surface area (Å²) in [6, 6.07) is 3.38. The van der Waals surface area contributed by atoms with Gasteiger partial charge in [-0.3, -0.25) is 4.79 Å². The molecule has 0 aromatic carbocycles. The highest BCUT2D eigenvalue weighted by Gasteiger charge is 2.25. The number of carbonyl (C=O) groups is 1. The van der Waals surface area contributed by atoms with Gasteiger partial charge in [-0.05, 0) is 38.9 Å². The Morgan fingerprint density at radius 1 is 1.14 bits per heavy atom. The first-order valence-corrected chi connectivity index (χ1v) is 10.8. The highest BCUT2D eigenvalue weighted by Crippen LogP contribution is 2.19. The van der Waals surface area contributed by atoms with E-state index in [0.29, 0.717) is 0 Å². The standard InChI is InChI=1S/C17H33NO3Si/c1-9-22(10-2,11-3)13-12-15(14-16(19)18(7)8)20-21-17(4,5)6/h15H,9-11,14H2,1-8H3. The molecule has 22 heavy (non-hydrogen) atoms. The molecule has 0 aliphatic carbocycles. The van der Waals surface area contributed by atoms with E-state index in [-0.39, 0.29) is 12.3 Å². The van der Waals surface area contributed by atoms with Gasteiger partial charge in [0.2, 0.25) is 5.91 Å². The third-order valence-corrected chi connectivity index (χ3v) is 8.54. The number of amides is 1. The van der Waals surface area contributed by atoms with Crippen LogP contribution in [-0.2, 0) is 14.6 Å². The van der Waals surface area contributed by atoms with E-state index in [1.807, 2.05) is 20.8 Å². The van der Waals surface area contributed by atoms with E-state index in [1.54, 1.807) is 19.0 Å². The van der Waals surface area contributed by atoms with Crippen LogP contribution in [0.4, 0.5) is 0 Å². The fraction of sp³-hybridized carbons (Fsp3) is 0.824. The molecular weight excluding hydrogens is 294 g/mol. The Morgan fingerprint density at radius 2 is 1.64 bits per heavy atom. The lowest BCUT2D eigenvalue weighted by Gasteiger charge is -2.23. The van der Waals surface area contributed by atoms with Gasteiger partial charge in [-0.2, -0.15) is 0 Å². The van der Waals surface area contributed by atoms with E-state index in [1.165, 1.54) is 0 Å². The van der Waals surface area contributed by atoms with Gasteiger partial charge in [-0.1, -0.05) is 26.7 Å². The SMILES string of the molecule is CC[Si](C#CC(CC(=O)N(C)C)OOC(C)(C)C)(CC)CC. The smallest absolute Gasteiger partial charge is 0.225 e. The van der Waals surface area contributed by atoms with Gasteiger partial charge >= 0.3 is 0 Å². The van der Waals surface area contributed by atoms with Gasteiger partial charge in [-0.15, -0.1) is 5.54 Å². The lowest BCUT2D eigenvalue weighted by Crippen LogP contribution is -2.32. The van der Waals surface area contributed by atoms with E-state index in [0.717, 1.165) is 18.1 Å². The van der Waals surface area contributed by atoms with Crippen LogP contribution in [0.25, 0.3) is 0 Å². The number of hydrogen-bond acceptors (Lipinski definition) is 3. The Hall–Kier alpha value is -0.833. The molecule has 0 aromatic rings. The molecule has 0 fully saturated rings. The Bertz CT molecular complexity index is 392. The van der Waals surface area contributed by atoms with Gasteiger partial charge in [0.15, 0.2) is 6.10 Å². The summed E-state index contributed by atoms with van der Waals surface area (Å²) in [5.41, 5.74) is 3.06. The van der Waals surface area contributed by atoms with Crippen molar-refractivity contribution in [2.45, 2.75) is 77.8 Å². The van der Waals surface area contributed by atoms with Gasteiger partial charge in [-0.25, -0.2) is 9.78 Å². The van der Waals surface area contributed by atoms with Crippen LogP contribution in [0.1, 0.15) is 48.0 Å². The van der Waals surface area contributed by atoms with Crippen molar-refractivity contribution in [1.29, 1.82) is 0 Å². The summed E-state index contributed by atoms with van der Waals surface area (Å²) in [4.78, 5) is 24.3. The first kappa shape index (κ1) is 21.2. The highest BCUT2D eigenvalue weighted by atomic mass is 28.3. The van der Waals surface area contributed by atoms with Crippen LogP contribution in [-0.4, -0.2) is 44.7 Å². The van der Waals surface area contributed by atoms with Crippen molar-refractivity contribution in [3.63, 3.8) is 0 Å². The maximum atomic E-state index is 11.9. The molecule has 128 valence electrons. The average molecular weight is 328 g/mol. The molecular formula is C17H33NO3Si. The lowest BCUT2D eigenvalue weighted by atomic mass is 10.2. The Kier molecular flexibility index (Phi) is 8.98. The molecule has 1 unspecified atom stereocenters. The number of nitrogens with zero attached hydrogens (tertiary/aromatic N) is 1. The summed E-state index contributed by atoms with van der Waals surface area (Å²) in [6.45, 7) is 12.4. The molecule has 0 N–H and O–H groups in total. The van der Waals surface area contributed by atoms with Crippen molar-refractivity contribution in [3.8, 4) is 11.5 Å². The van der Waals surface area contributed by atoms with Crippen molar-refractivity contribution in [2.24, 2.45) is 0 Å². The molecule has 1 amide bonds. The summed E-state index contributed by atoms with van der Waals surface area (Å²) in [7, 11) is 1.92.